The van der Waals surface area contributed by atoms with E-state index in [0.717, 1.165) is 25.7 Å². The van der Waals surface area contributed by atoms with Gasteiger partial charge < -0.3 is 5.73 Å². The zero-order valence-corrected chi connectivity index (χ0v) is 13.4. The van der Waals surface area contributed by atoms with E-state index in [0.29, 0.717) is 5.13 Å². The van der Waals surface area contributed by atoms with Gasteiger partial charge in [0.15, 0.2) is 5.13 Å². The first-order valence-corrected chi connectivity index (χ1v) is 6.56. The van der Waals surface area contributed by atoms with Crippen LogP contribution in [0.2, 0.25) is 0 Å². The minimum atomic E-state index is -0.0315. The molecule has 0 aliphatic carbocycles. The number of hydrogen-bond donors (Lipinski definition) is 1. The van der Waals surface area contributed by atoms with Crippen LogP contribution in [-0.2, 0) is 0 Å². The van der Waals surface area contributed by atoms with Gasteiger partial charge in [0.2, 0.25) is 5.91 Å². The molecule has 3 aromatic rings. The molecule has 18 heavy (non-hydrogen) atoms. The zero-order valence-electron chi connectivity index (χ0n) is 9.31. The average Bonchev–Trinajstić information content (AvgIpc) is 2.73. The highest BCUT2D eigenvalue weighted by molar-refractivity contribution is 9.10. The van der Waals surface area contributed by atoms with Gasteiger partial charge in [-0.25, -0.2) is 4.98 Å². The number of thiazole rings is 1. The van der Waals surface area contributed by atoms with Crippen molar-refractivity contribution in [2.45, 2.75) is 6.92 Å². The van der Waals surface area contributed by atoms with Gasteiger partial charge in [-0.1, -0.05) is 27.3 Å². The van der Waals surface area contributed by atoms with Crippen LogP contribution in [0.25, 0.3) is 21.3 Å². The highest BCUT2D eigenvalue weighted by atomic mass is 79.9. The lowest BCUT2D eigenvalue weighted by molar-refractivity contribution is 0.0947. The quantitative estimate of drug-likeness (QED) is 0.634. The van der Waals surface area contributed by atoms with Gasteiger partial charge in [0.05, 0.1) is 5.52 Å². The number of nitrogens with zero attached hydrogens (tertiary/aromatic N) is 2. The maximum Gasteiger partial charge on any atom is 0.229 e. The van der Waals surface area contributed by atoms with Crippen molar-refractivity contribution < 1.29 is 4.79 Å². The van der Waals surface area contributed by atoms with Gasteiger partial charge in [0.1, 0.15) is 10.3 Å². The molecule has 0 unspecified atom stereocenters. The standard InChI is InChI=1S/C11H8BrN3OS.BrH/c1-5(16)15-8-3-2-6(12)4-7(8)9-10(15)17-11(13)14-9;/h2-4H,1H3,(H2,13,14);1H. The van der Waals surface area contributed by atoms with Crippen LogP contribution in [0.5, 0.6) is 0 Å². The summed E-state index contributed by atoms with van der Waals surface area (Å²) in [6, 6.07) is 5.77. The largest absolute Gasteiger partial charge is 0.375 e. The summed E-state index contributed by atoms with van der Waals surface area (Å²) < 4.78 is 2.62. The second-order valence-electron chi connectivity index (χ2n) is 3.72. The lowest BCUT2D eigenvalue weighted by atomic mass is 10.2. The van der Waals surface area contributed by atoms with Gasteiger partial charge in [-0.2, -0.15) is 0 Å². The Morgan fingerprint density at radius 2 is 2.22 bits per heavy atom. The molecule has 0 aliphatic rings. The van der Waals surface area contributed by atoms with Crippen LogP contribution < -0.4 is 5.73 Å². The third kappa shape index (κ3) is 1.86. The van der Waals surface area contributed by atoms with E-state index in [4.69, 9.17) is 5.73 Å². The molecule has 0 saturated heterocycles. The van der Waals surface area contributed by atoms with E-state index >= 15 is 0 Å². The van der Waals surface area contributed by atoms with Crippen LogP contribution in [0.4, 0.5) is 5.13 Å². The normalized spacial score (nSPS) is 10.8. The van der Waals surface area contributed by atoms with Crippen LogP contribution in [0.3, 0.4) is 0 Å². The number of benzene rings is 1. The molecule has 0 saturated carbocycles. The van der Waals surface area contributed by atoms with Crippen molar-refractivity contribution in [3.63, 3.8) is 0 Å². The van der Waals surface area contributed by atoms with Gasteiger partial charge in [0, 0.05) is 16.8 Å². The van der Waals surface area contributed by atoms with Gasteiger partial charge in [0.25, 0.3) is 0 Å². The molecular formula is C11H9Br2N3OS. The van der Waals surface area contributed by atoms with Crippen LogP contribution in [0.1, 0.15) is 11.7 Å². The number of aromatic nitrogens is 2. The molecule has 4 nitrogen and oxygen atoms in total. The lowest BCUT2D eigenvalue weighted by Crippen LogP contribution is -2.03. The molecule has 0 spiro atoms. The lowest BCUT2D eigenvalue weighted by Gasteiger charge is -1.99. The maximum absolute atomic E-state index is 11.7. The van der Waals surface area contributed by atoms with Crippen molar-refractivity contribution in [1.82, 2.24) is 9.55 Å². The second kappa shape index (κ2) is 4.64. The molecule has 2 heterocycles. The number of fused-ring (bicyclic) bond motifs is 3. The predicted octanol–water partition coefficient (Wildman–Crippen LogP) is 3.83. The van der Waals surface area contributed by atoms with Crippen molar-refractivity contribution in [3.05, 3.63) is 22.7 Å². The summed E-state index contributed by atoms with van der Waals surface area (Å²) in [5.74, 6) is -0.0315. The molecule has 0 aliphatic heterocycles. The summed E-state index contributed by atoms with van der Waals surface area (Å²) >= 11 is 4.75. The van der Waals surface area contributed by atoms with E-state index < -0.39 is 0 Å². The smallest absolute Gasteiger partial charge is 0.229 e. The Morgan fingerprint density at radius 3 is 2.89 bits per heavy atom. The van der Waals surface area contributed by atoms with Gasteiger partial charge >= 0.3 is 0 Å². The van der Waals surface area contributed by atoms with Gasteiger partial charge in [-0.05, 0) is 18.2 Å². The highest BCUT2D eigenvalue weighted by Gasteiger charge is 2.17. The van der Waals surface area contributed by atoms with Crippen molar-refractivity contribution in [2.24, 2.45) is 0 Å². The number of nitrogens with two attached hydrogens (primary N) is 1. The molecule has 1 aromatic carbocycles. The zero-order chi connectivity index (χ0) is 12.2. The van der Waals surface area contributed by atoms with Crippen LogP contribution in [0.15, 0.2) is 22.7 Å². The van der Waals surface area contributed by atoms with Crippen LogP contribution in [-0.4, -0.2) is 15.5 Å². The Hall–Kier alpha value is -0.920. The number of halogens is 2. The molecule has 0 fully saturated rings. The molecule has 3 rings (SSSR count). The minimum Gasteiger partial charge on any atom is -0.375 e. The third-order valence-corrected chi connectivity index (χ3v) is 3.96. The molecule has 2 N–H and O–H groups in total. The summed E-state index contributed by atoms with van der Waals surface area (Å²) in [6.45, 7) is 1.54. The van der Waals surface area contributed by atoms with Gasteiger partial charge in [-0.3, -0.25) is 9.36 Å². The summed E-state index contributed by atoms with van der Waals surface area (Å²) in [7, 11) is 0. The molecule has 94 valence electrons. The molecular weight excluding hydrogens is 382 g/mol. The van der Waals surface area contributed by atoms with E-state index in [9.17, 15) is 4.79 Å². The van der Waals surface area contributed by atoms with Crippen molar-refractivity contribution >= 4 is 76.5 Å². The third-order valence-electron chi connectivity index (χ3n) is 2.60. The first-order chi connectivity index (χ1) is 8.08. The fourth-order valence-corrected chi connectivity index (χ4v) is 3.24. The molecule has 2 aromatic heterocycles. The van der Waals surface area contributed by atoms with Crippen LogP contribution in [0, 0.1) is 0 Å². The van der Waals surface area contributed by atoms with Crippen molar-refractivity contribution in [1.29, 1.82) is 0 Å². The molecule has 0 radical (unpaired) electrons. The second-order valence-corrected chi connectivity index (χ2v) is 5.65. The summed E-state index contributed by atoms with van der Waals surface area (Å²) in [5, 5.41) is 1.42. The Labute approximate surface area is 126 Å². The summed E-state index contributed by atoms with van der Waals surface area (Å²) in [5.41, 5.74) is 7.36. The molecule has 7 heteroatoms. The van der Waals surface area contributed by atoms with Crippen LogP contribution >= 0.6 is 44.2 Å². The fourth-order valence-electron chi connectivity index (χ4n) is 1.97. The Kier molecular flexibility index (Phi) is 3.48. The van der Waals surface area contributed by atoms with E-state index in [2.05, 4.69) is 20.9 Å². The Morgan fingerprint density at radius 1 is 1.50 bits per heavy atom. The average molecular weight is 391 g/mol. The van der Waals surface area contributed by atoms with E-state index in [1.165, 1.54) is 18.3 Å². The Bertz CT molecular complexity index is 762. The fraction of sp³-hybridized carbons (Fsp3) is 0.0909. The van der Waals surface area contributed by atoms with Crippen molar-refractivity contribution in [3.8, 4) is 0 Å². The molecule has 0 atom stereocenters. The number of rotatable bonds is 0. The monoisotopic (exact) mass is 389 g/mol. The van der Waals surface area contributed by atoms with E-state index in [1.54, 1.807) is 4.57 Å². The summed E-state index contributed by atoms with van der Waals surface area (Å²) in [6.07, 6.45) is 0. The predicted molar refractivity (Wildman–Crippen MR) is 83.9 cm³/mol. The topological polar surface area (TPSA) is 60.9 Å². The SMILES string of the molecule is Br.CC(=O)n1c2ccc(Br)cc2c2nc(N)sc21. The number of anilines is 1. The minimum absolute atomic E-state index is 0. The number of carbonyl (C=O) groups is 1. The number of carbonyl (C=O) groups excluding carboxylic acids is 1. The van der Waals surface area contributed by atoms with E-state index in [-0.39, 0.29) is 22.9 Å². The highest BCUT2D eigenvalue weighted by Crippen LogP contribution is 2.34. The summed E-state index contributed by atoms with van der Waals surface area (Å²) in [4.78, 5) is 16.8. The number of hydrogen-bond acceptors (Lipinski definition) is 4. The first-order valence-electron chi connectivity index (χ1n) is 4.95. The van der Waals surface area contributed by atoms with E-state index in [1.807, 2.05) is 18.2 Å². The maximum atomic E-state index is 11.7. The molecule has 0 amide bonds. The molecule has 0 bridgehead atoms. The van der Waals surface area contributed by atoms with Crippen molar-refractivity contribution in [2.75, 3.05) is 5.73 Å². The van der Waals surface area contributed by atoms with Gasteiger partial charge in [-0.15, -0.1) is 17.0 Å². The first kappa shape index (κ1) is 13.5. The Balaban J connectivity index is 0.00000120. The number of nitrogen functional groups attached to an aromatic ring is 1.